The number of hydrogen-bond acceptors (Lipinski definition) is 2. The average Bonchev–Trinajstić information content (AvgIpc) is 2.79. The normalized spacial score (nSPS) is 20.1. The average molecular weight is 223 g/mol. The van der Waals surface area contributed by atoms with E-state index in [4.69, 9.17) is 4.74 Å². The predicted octanol–water partition coefficient (Wildman–Crippen LogP) is 2.05. The lowest BCUT2D eigenvalue weighted by atomic mass is 10.1. The van der Waals surface area contributed by atoms with Crippen LogP contribution in [0.2, 0.25) is 0 Å². The van der Waals surface area contributed by atoms with Crippen LogP contribution >= 0.6 is 0 Å². The van der Waals surface area contributed by atoms with E-state index in [2.05, 4.69) is 11.9 Å². The van der Waals surface area contributed by atoms with Crippen LogP contribution in [-0.4, -0.2) is 25.7 Å². The Morgan fingerprint density at radius 2 is 2.38 bits per heavy atom. The summed E-state index contributed by atoms with van der Waals surface area (Å²) in [5, 5.41) is 2.89. The fourth-order valence-corrected chi connectivity index (χ4v) is 1.62. The Morgan fingerprint density at radius 3 is 3.06 bits per heavy atom. The standard InChI is InChI=1S/C13H21NO2/c1-2-3-4-5-6-7-13(15)14-10-12-8-9-16-11-12/h2,6-7,12H,1,3-5,8-11H2,(H,14,15). The van der Waals surface area contributed by atoms with Gasteiger partial charge in [-0.3, -0.25) is 4.79 Å². The molecule has 1 fully saturated rings. The van der Waals surface area contributed by atoms with Crippen molar-refractivity contribution in [2.75, 3.05) is 19.8 Å². The number of hydrogen-bond donors (Lipinski definition) is 1. The fraction of sp³-hybridized carbons (Fsp3) is 0.615. The summed E-state index contributed by atoms with van der Waals surface area (Å²) in [5.74, 6) is 0.503. The van der Waals surface area contributed by atoms with E-state index in [1.807, 2.05) is 12.2 Å². The molecular formula is C13H21NO2. The first-order chi connectivity index (χ1) is 7.83. The molecule has 0 aliphatic carbocycles. The molecule has 1 unspecified atom stereocenters. The zero-order chi connectivity index (χ0) is 11.6. The van der Waals surface area contributed by atoms with Crippen LogP contribution in [0, 0.1) is 5.92 Å². The van der Waals surface area contributed by atoms with Crippen LogP contribution in [0.4, 0.5) is 0 Å². The van der Waals surface area contributed by atoms with Gasteiger partial charge in [0.15, 0.2) is 0 Å². The number of carbonyl (C=O) groups is 1. The number of rotatable bonds is 7. The topological polar surface area (TPSA) is 38.3 Å². The van der Waals surface area contributed by atoms with E-state index in [1.54, 1.807) is 6.08 Å². The highest BCUT2D eigenvalue weighted by atomic mass is 16.5. The molecule has 1 N–H and O–H groups in total. The van der Waals surface area contributed by atoms with Gasteiger partial charge in [0.25, 0.3) is 0 Å². The molecule has 1 heterocycles. The third-order valence-electron chi connectivity index (χ3n) is 2.64. The lowest BCUT2D eigenvalue weighted by molar-refractivity contribution is -0.116. The molecule has 0 saturated carbocycles. The zero-order valence-electron chi connectivity index (χ0n) is 9.78. The molecule has 3 heteroatoms. The molecule has 0 aromatic carbocycles. The van der Waals surface area contributed by atoms with Gasteiger partial charge in [-0.05, 0) is 31.8 Å². The quantitative estimate of drug-likeness (QED) is 0.407. The summed E-state index contributed by atoms with van der Waals surface area (Å²) in [4.78, 5) is 11.4. The molecule has 0 bridgehead atoms. The predicted molar refractivity (Wildman–Crippen MR) is 65.1 cm³/mol. The molecule has 0 radical (unpaired) electrons. The summed E-state index contributed by atoms with van der Waals surface area (Å²) >= 11 is 0. The highest BCUT2D eigenvalue weighted by molar-refractivity contribution is 5.87. The van der Waals surface area contributed by atoms with Crippen molar-refractivity contribution in [3.05, 3.63) is 24.8 Å². The van der Waals surface area contributed by atoms with Gasteiger partial charge < -0.3 is 10.1 Å². The van der Waals surface area contributed by atoms with E-state index in [-0.39, 0.29) is 5.91 Å². The Labute approximate surface area is 97.6 Å². The third kappa shape index (κ3) is 5.71. The molecule has 1 amide bonds. The summed E-state index contributed by atoms with van der Waals surface area (Å²) in [7, 11) is 0. The molecule has 16 heavy (non-hydrogen) atoms. The summed E-state index contributed by atoms with van der Waals surface area (Å²) in [6.45, 7) is 6.00. The van der Waals surface area contributed by atoms with Crippen LogP contribution < -0.4 is 5.32 Å². The molecule has 0 aromatic heterocycles. The molecule has 1 aliphatic heterocycles. The van der Waals surface area contributed by atoms with Crippen molar-refractivity contribution in [2.24, 2.45) is 5.92 Å². The number of unbranched alkanes of at least 4 members (excludes halogenated alkanes) is 2. The first kappa shape index (κ1) is 13.0. The van der Waals surface area contributed by atoms with Crippen LogP contribution in [0.15, 0.2) is 24.8 Å². The maximum absolute atomic E-state index is 11.4. The van der Waals surface area contributed by atoms with E-state index >= 15 is 0 Å². The van der Waals surface area contributed by atoms with E-state index in [1.165, 1.54) is 0 Å². The van der Waals surface area contributed by atoms with Gasteiger partial charge in [-0.2, -0.15) is 0 Å². The van der Waals surface area contributed by atoms with Gasteiger partial charge in [0.05, 0.1) is 6.61 Å². The van der Waals surface area contributed by atoms with Gasteiger partial charge in [-0.15, -0.1) is 6.58 Å². The second-order valence-corrected chi connectivity index (χ2v) is 4.10. The number of nitrogens with one attached hydrogen (secondary N) is 1. The van der Waals surface area contributed by atoms with E-state index in [0.29, 0.717) is 5.92 Å². The van der Waals surface area contributed by atoms with Gasteiger partial charge >= 0.3 is 0 Å². The lowest BCUT2D eigenvalue weighted by Crippen LogP contribution is -2.27. The minimum Gasteiger partial charge on any atom is -0.381 e. The second kappa shape index (κ2) is 8.11. The summed E-state index contributed by atoms with van der Waals surface area (Å²) < 4.78 is 5.24. The second-order valence-electron chi connectivity index (χ2n) is 4.10. The van der Waals surface area contributed by atoms with Gasteiger partial charge in [0.2, 0.25) is 5.91 Å². The molecular weight excluding hydrogens is 202 g/mol. The monoisotopic (exact) mass is 223 g/mol. The Bertz CT molecular complexity index is 242. The molecule has 0 aromatic rings. The van der Waals surface area contributed by atoms with Crippen molar-refractivity contribution in [1.29, 1.82) is 0 Å². The molecule has 90 valence electrons. The Balaban J connectivity index is 2.03. The molecule has 0 spiro atoms. The fourth-order valence-electron chi connectivity index (χ4n) is 1.62. The molecule has 1 aliphatic rings. The third-order valence-corrected chi connectivity index (χ3v) is 2.64. The van der Waals surface area contributed by atoms with Crippen molar-refractivity contribution >= 4 is 5.91 Å². The maximum atomic E-state index is 11.4. The van der Waals surface area contributed by atoms with Crippen molar-refractivity contribution in [3.8, 4) is 0 Å². The minimum atomic E-state index is 0.00510. The van der Waals surface area contributed by atoms with Gasteiger partial charge in [0.1, 0.15) is 0 Å². The summed E-state index contributed by atoms with van der Waals surface area (Å²) in [6.07, 6.45) is 9.50. The van der Waals surface area contributed by atoms with Crippen LogP contribution in [0.25, 0.3) is 0 Å². The number of allylic oxidation sites excluding steroid dienone is 2. The molecule has 1 saturated heterocycles. The van der Waals surface area contributed by atoms with Crippen LogP contribution in [0.3, 0.4) is 0 Å². The Morgan fingerprint density at radius 1 is 1.50 bits per heavy atom. The van der Waals surface area contributed by atoms with E-state index in [0.717, 1.165) is 45.4 Å². The van der Waals surface area contributed by atoms with Crippen LogP contribution in [0.1, 0.15) is 25.7 Å². The highest BCUT2D eigenvalue weighted by Gasteiger charge is 2.15. The lowest BCUT2D eigenvalue weighted by Gasteiger charge is -2.06. The van der Waals surface area contributed by atoms with Gasteiger partial charge in [-0.1, -0.05) is 12.2 Å². The number of ether oxygens (including phenoxy) is 1. The molecule has 1 atom stereocenters. The zero-order valence-corrected chi connectivity index (χ0v) is 9.78. The first-order valence-corrected chi connectivity index (χ1v) is 5.96. The Hall–Kier alpha value is -1.09. The van der Waals surface area contributed by atoms with E-state index < -0.39 is 0 Å². The van der Waals surface area contributed by atoms with Gasteiger partial charge in [0, 0.05) is 19.1 Å². The summed E-state index contributed by atoms with van der Waals surface area (Å²) in [6, 6.07) is 0. The van der Waals surface area contributed by atoms with Crippen molar-refractivity contribution in [2.45, 2.75) is 25.7 Å². The SMILES string of the molecule is C=CCCCC=CC(=O)NCC1CCOC1. The van der Waals surface area contributed by atoms with E-state index in [9.17, 15) is 4.79 Å². The number of carbonyl (C=O) groups excluding carboxylic acids is 1. The van der Waals surface area contributed by atoms with Crippen LogP contribution in [-0.2, 0) is 9.53 Å². The van der Waals surface area contributed by atoms with Crippen molar-refractivity contribution in [3.63, 3.8) is 0 Å². The molecule has 3 nitrogen and oxygen atoms in total. The Kier molecular flexibility index (Phi) is 6.58. The summed E-state index contributed by atoms with van der Waals surface area (Å²) in [5.41, 5.74) is 0. The number of amides is 1. The first-order valence-electron chi connectivity index (χ1n) is 5.96. The van der Waals surface area contributed by atoms with Crippen molar-refractivity contribution in [1.82, 2.24) is 5.32 Å². The van der Waals surface area contributed by atoms with Crippen molar-refractivity contribution < 1.29 is 9.53 Å². The largest absolute Gasteiger partial charge is 0.381 e. The highest BCUT2D eigenvalue weighted by Crippen LogP contribution is 2.10. The van der Waals surface area contributed by atoms with Gasteiger partial charge in [-0.25, -0.2) is 0 Å². The maximum Gasteiger partial charge on any atom is 0.243 e. The van der Waals surface area contributed by atoms with Crippen LogP contribution in [0.5, 0.6) is 0 Å². The smallest absolute Gasteiger partial charge is 0.243 e. The molecule has 1 rings (SSSR count). The minimum absolute atomic E-state index is 0.00510.